The van der Waals surface area contributed by atoms with E-state index in [1.165, 1.54) is 38.5 Å². The van der Waals surface area contributed by atoms with E-state index in [9.17, 15) is 0 Å². The molecule has 0 fully saturated rings. The molecule has 116 valence electrons. The first-order valence-corrected chi connectivity index (χ1v) is 7.72. The van der Waals surface area contributed by atoms with Gasteiger partial charge in [0.25, 0.3) is 0 Å². The number of unbranched alkanes of at least 4 members (excludes halogenated alkanes) is 4. The normalized spacial score (nSPS) is 13.1. The number of nitrogens with zero attached hydrogens (tertiary/aromatic N) is 1. The second kappa shape index (κ2) is 14.3. The van der Waals surface area contributed by atoms with Crippen LogP contribution in [0.25, 0.3) is 0 Å². The van der Waals surface area contributed by atoms with Gasteiger partial charge in [-0.1, -0.05) is 39.0 Å². The third kappa shape index (κ3) is 10.3. The lowest BCUT2D eigenvalue weighted by Crippen LogP contribution is -2.44. The van der Waals surface area contributed by atoms with Crippen LogP contribution in [0.3, 0.4) is 0 Å². The van der Waals surface area contributed by atoms with Crippen molar-refractivity contribution in [2.24, 2.45) is 5.73 Å². The minimum atomic E-state index is 0.465. The van der Waals surface area contributed by atoms with Crippen molar-refractivity contribution >= 4 is 0 Å². The summed E-state index contributed by atoms with van der Waals surface area (Å²) in [7, 11) is 3.49. The molecule has 2 N–H and O–H groups in total. The van der Waals surface area contributed by atoms with Crippen molar-refractivity contribution in [3.8, 4) is 0 Å². The average molecular weight is 274 g/mol. The molecule has 0 aromatic heterocycles. The zero-order chi connectivity index (χ0) is 14.3. The van der Waals surface area contributed by atoms with Crippen LogP contribution >= 0.6 is 0 Å². The Balaban J connectivity index is 3.99. The van der Waals surface area contributed by atoms with Gasteiger partial charge in [0.1, 0.15) is 0 Å². The van der Waals surface area contributed by atoms with E-state index in [2.05, 4.69) is 11.8 Å². The molecule has 0 heterocycles. The lowest BCUT2D eigenvalue weighted by atomic mass is 10.1. The molecule has 1 atom stereocenters. The summed E-state index contributed by atoms with van der Waals surface area (Å²) in [5.41, 5.74) is 5.93. The standard InChI is InChI=1S/C15H34N2O2/c1-4-5-6-7-8-9-15(14-16)17(10-12-18-2)11-13-19-3/h15H,4-14,16H2,1-3H3. The van der Waals surface area contributed by atoms with Crippen LogP contribution in [0.2, 0.25) is 0 Å². The molecular weight excluding hydrogens is 240 g/mol. The van der Waals surface area contributed by atoms with Crippen LogP contribution in [0.1, 0.15) is 45.4 Å². The molecule has 0 saturated heterocycles. The van der Waals surface area contributed by atoms with Gasteiger partial charge in [0.05, 0.1) is 13.2 Å². The van der Waals surface area contributed by atoms with Gasteiger partial charge in [0, 0.05) is 39.9 Å². The topological polar surface area (TPSA) is 47.7 Å². The highest BCUT2D eigenvalue weighted by atomic mass is 16.5. The minimum absolute atomic E-state index is 0.465. The van der Waals surface area contributed by atoms with E-state index < -0.39 is 0 Å². The number of ether oxygens (including phenoxy) is 2. The summed E-state index contributed by atoms with van der Waals surface area (Å²) in [4.78, 5) is 2.41. The number of methoxy groups -OCH3 is 2. The first-order valence-electron chi connectivity index (χ1n) is 7.72. The second-order valence-electron chi connectivity index (χ2n) is 5.11. The lowest BCUT2D eigenvalue weighted by molar-refractivity contribution is 0.0856. The van der Waals surface area contributed by atoms with E-state index in [1.54, 1.807) is 14.2 Å². The molecule has 0 aliphatic heterocycles. The predicted octanol–water partition coefficient (Wildman–Crippen LogP) is 2.27. The molecule has 0 bridgehead atoms. The van der Waals surface area contributed by atoms with Crippen molar-refractivity contribution in [3.63, 3.8) is 0 Å². The molecule has 0 radical (unpaired) electrons. The fraction of sp³-hybridized carbons (Fsp3) is 1.00. The van der Waals surface area contributed by atoms with E-state index in [0.29, 0.717) is 6.04 Å². The van der Waals surface area contributed by atoms with Gasteiger partial charge in [0.2, 0.25) is 0 Å². The SMILES string of the molecule is CCCCCCCC(CN)N(CCOC)CCOC. The second-order valence-corrected chi connectivity index (χ2v) is 5.11. The van der Waals surface area contributed by atoms with E-state index in [0.717, 1.165) is 32.8 Å². The number of rotatable bonds is 14. The molecule has 0 aliphatic carbocycles. The third-order valence-corrected chi connectivity index (χ3v) is 3.59. The molecule has 19 heavy (non-hydrogen) atoms. The van der Waals surface area contributed by atoms with Crippen LogP contribution in [0.15, 0.2) is 0 Å². The highest BCUT2D eigenvalue weighted by Gasteiger charge is 2.16. The van der Waals surface area contributed by atoms with Crippen LogP contribution in [0.5, 0.6) is 0 Å². The first-order chi connectivity index (χ1) is 9.29. The summed E-state index contributed by atoms with van der Waals surface area (Å²) in [5, 5.41) is 0. The maximum atomic E-state index is 5.93. The van der Waals surface area contributed by atoms with Crippen molar-refractivity contribution in [1.29, 1.82) is 0 Å². The quantitative estimate of drug-likeness (QED) is 0.494. The van der Waals surface area contributed by atoms with Crippen LogP contribution in [0, 0.1) is 0 Å². The van der Waals surface area contributed by atoms with Gasteiger partial charge in [-0.05, 0) is 6.42 Å². The smallest absolute Gasteiger partial charge is 0.0589 e. The van der Waals surface area contributed by atoms with E-state index >= 15 is 0 Å². The number of nitrogens with two attached hydrogens (primary N) is 1. The van der Waals surface area contributed by atoms with Crippen molar-refractivity contribution in [2.45, 2.75) is 51.5 Å². The monoisotopic (exact) mass is 274 g/mol. The predicted molar refractivity (Wildman–Crippen MR) is 81.5 cm³/mol. The number of hydrogen-bond acceptors (Lipinski definition) is 4. The maximum absolute atomic E-state index is 5.93. The molecule has 1 unspecified atom stereocenters. The maximum Gasteiger partial charge on any atom is 0.0589 e. The summed E-state index contributed by atoms with van der Waals surface area (Å²) >= 11 is 0. The van der Waals surface area contributed by atoms with Crippen LogP contribution in [-0.2, 0) is 9.47 Å². The van der Waals surface area contributed by atoms with Gasteiger partial charge in [-0.25, -0.2) is 0 Å². The van der Waals surface area contributed by atoms with Crippen molar-refractivity contribution in [3.05, 3.63) is 0 Å². The fourth-order valence-electron chi connectivity index (χ4n) is 2.33. The average Bonchev–Trinajstić information content (AvgIpc) is 2.44. The molecule has 0 aromatic rings. The van der Waals surface area contributed by atoms with Crippen LogP contribution in [0.4, 0.5) is 0 Å². The van der Waals surface area contributed by atoms with Crippen molar-refractivity contribution in [2.75, 3.05) is 47.1 Å². The van der Waals surface area contributed by atoms with Gasteiger partial charge in [0.15, 0.2) is 0 Å². The molecule has 0 aromatic carbocycles. The molecule has 0 aliphatic rings. The Kier molecular flexibility index (Phi) is 14.1. The van der Waals surface area contributed by atoms with Crippen LogP contribution < -0.4 is 5.73 Å². The Morgan fingerprint density at radius 3 is 2.00 bits per heavy atom. The molecular formula is C15H34N2O2. The van der Waals surface area contributed by atoms with E-state index in [-0.39, 0.29) is 0 Å². The van der Waals surface area contributed by atoms with Crippen molar-refractivity contribution < 1.29 is 9.47 Å². The summed E-state index contributed by atoms with van der Waals surface area (Å²) in [6, 6.07) is 0.465. The summed E-state index contributed by atoms with van der Waals surface area (Å²) < 4.78 is 10.4. The van der Waals surface area contributed by atoms with Gasteiger partial charge in [-0.3, -0.25) is 4.90 Å². The van der Waals surface area contributed by atoms with E-state index in [4.69, 9.17) is 15.2 Å². The minimum Gasteiger partial charge on any atom is -0.383 e. The van der Waals surface area contributed by atoms with Gasteiger partial charge >= 0.3 is 0 Å². The summed E-state index contributed by atoms with van der Waals surface area (Å²) in [5.74, 6) is 0. The molecule has 0 spiro atoms. The van der Waals surface area contributed by atoms with Crippen molar-refractivity contribution in [1.82, 2.24) is 4.90 Å². The fourth-order valence-corrected chi connectivity index (χ4v) is 2.33. The van der Waals surface area contributed by atoms with Gasteiger partial charge in [-0.2, -0.15) is 0 Å². The first kappa shape index (κ1) is 18.8. The molecule has 4 nitrogen and oxygen atoms in total. The lowest BCUT2D eigenvalue weighted by Gasteiger charge is -2.30. The molecule has 0 saturated carbocycles. The Hall–Kier alpha value is -0.160. The molecule has 0 amide bonds. The highest BCUT2D eigenvalue weighted by Crippen LogP contribution is 2.11. The summed E-state index contributed by atoms with van der Waals surface area (Å²) in [6.07, 6.45) is 7.79. The zero-order valence-electron chi connectivity index (χ0n) is 13.2. The van der Waals surface area contributed by atoms with Gasteiger partial charge < -0.3 is 15.2 Å². The zero-order valence-corrected chi connectivity index (χ0v) is 13.2. The van der Waals surface area contributed by atoms with E-state index in [1.807, 2.05) is 0 Å². The Morgan fingerprint density at radius 1 is 0.947 bits per heavy atom. The Bertz CT molecular complexity index is 172. The molecule has 0 rings (SSSR count). The largest absolute Gasteiger partial charge is 0.383 e. The summed E-state index contributed by atoms with van der Waals surface area (Å²) in [6.45, 7) is 6.38. The van der Waals surface area contributed by atoms with Gasteiger partial charge in [-0.15, -0.1) is 0 Å². The molecule has 4 heteroatoms. The Labute approximate surface area is 119 Å². The number of hydrogen-bond donors (Lipinski definition) is 1. The van der Waals surface area contributed by atoms with Crippen LogP contribution in [-0.4, -0.2) is 58.0 Å². The Morgan fingerprint density at radius 2 is 1.53 bits per heavy atom. The third-order valence-electron chi connectivity index (χ3n) is 3.59. The highest BCUT2D eigenvalue weighted by molar-refractivity contribution is 4.73.